The molecule has 0 radical (unpaired) electrons. The molecule has 0 saturated carbocycles. The van der Waals surface area contributed by atoms with Gasteiger partial charge >= 0.3 is 5.97 Å². The van der Waals surface area contributed by atoms with Crippen LogP contribution in [0.1, 0.15) is 70.4 Å². The van der Waals surface area contributed by atoms with Crippen molar-refractivity contribution in [2.75, 3.05) is 13.7 Å². The molecule has 3 unspecified atom stereocenters. The fourth-order valence-corrected chi connectivity index (χ4v) is 3.15. The average molecular weight is 432 g/mol. The summed E-state index contributed by atoms with van der Waals surface area (Å²) in [6.45, 7) is 9.01. The standard InChI is InChI=1S/C24H33NO6/c1-6-24(4,29-5)15-16-30-18(3)17(2)20-10-7-19(8-11-20)9-14-23(28)31-25-21(26)12-13-22(25)27/h7-11,14,17-18H,6,12-13,15-16H2,1-5H3/b14-9+. The van der Waals surface area contributed by atoms with Gasteiger partial charge in [-0.25, -0.2) is 4.79 Å². The first-order valence-corrected chi connectivity index (χ1v) is 10.7. The lowest BCUT2D eigenvalue weighted by molar-refractivity contribution is -0.193. The van der Waals surface area contributed by atoms with Gasteiger partial charge in [-0.3, -0.25) is 9.59 Å². The number of carbonyl (C=O) groups is 3. The Morgan fingerprint density at radius 2 is 1.77 bits per heavy atom. The monoisotopic (exact) mass is 431 g/mol. The molecule has 1 saturated heterocycles. The third-order valence-corrected chi connectivity index (χ3v) is 6.02. The highest BCUT2D eigenvalue weighted by Gasteiger charge is 2.32. The lowest BCUT2D eigenvalue weighted by Crippen LogP contribution is -2.31. The minimum Gasteiger partial charge on any atom is -0.378 e. The van der Waals surface area contributed by atoms with Crippen LogP contribution in [0.15, 0.2) is 30.3 Å². The summed E-state index contributed by atoms with van der Waals surface area (Å²) in [5.41, 5.74) is 1.78. The van der Waals surface area contributed by atoms with Crippen LogP contribution in [0.2, 0.25) is 0 Å². The number of methoxy groups -OCH3 is 1. The van der Waals surface area contributed by atoms with E-state index in [4.69, 9.17) is 14.3 Å². The first-order chi connectivity index (χ1) is 14.7. The fourth-order valence-electron chi connectivity index (χ4n) is 3.15. The summed E-state index contributed by atoms with van der Waals surface area (Å²) in [5, 5.41) is 0.536. The molecule has 0 spiro atoms. The summed E-state index contributed by atoms with van der Waals surface area (Å²) >= 11 is 0. The normalized spacial score (nSPS) is 18.3. The first-order valence-electron chi connectivity index (χ1n) is 10.7. The van der Waals surface area contributed by atoms with E-state index in [9.17, 15) is 14.4 Å². The smallest absolute Gasteiger partial charge is 0.356 e. The molecular weight excluding hydrogens is 398 g/mol. The Labute approximate surface area is 184 Å². The Kier molecular flexibility index (Phi) is 8.95. The van der Waals surface area contributed by atoms with Gasteiger partial charge in [0.25, 0.3) is 11.8 Å². The number of nitrogens with zero attached hydrogens (tertiary/aromatic N) is 1. The van der Waals surface area contributed by atoms with Crippen molar-refractivity contribution in [3.63, 3.8) is 0 Å². The molecule has 0 aliphatic carbocycles. The van der Waals surface area contributed by atoms with E-state index < -0.39 is 17.8 Å². The van der Waals surface area contributed by atoms with E-state index in [1.54, 1.807) is 13.2 Å². The molecule has 2 amide bonds. The van der Waals surface area contributed by atoms with Crippen molar-refractivity contribution in [1.29, 1.82) is 0 Å². The number of hydroxylamine groups is 2. The predicted molar refractivity (Wildman–Crippen MR) is 117 cm³/mol. The van der Waals surface area contributed by atoms with Gasteiger partial charge in [0.1, 0.15) is 0 Å². The van der Waals surface area contributed by atoms with Crippen LogP contribution in [0, 0.1) is 0 Å². The summed E-state index contributed by atoms with van der Waals surface area (Å²) < 4.78 is 11.6. The van der Waals surface area contributed by atoms with Crippen LogP contribution < -0.4 is 0 Å². The number of hydrogen-bond acceptors (Lipinski definition) is 6. The van der Waals surface area contributed by atoms with E-state index in [1.807, 2.05) is 24.3 Å². The maximum absolute atomic E-state index is 11.9. The summed E-state index contributed by atoms with van der Waals surface area (Å²) in [6.07, 6.45) is 4.74. The summed E-state index contributed by atoms with van der Waals surface area (Å²) in [6, 6.07) is 7.78. The molecule has 1 heterocycles. The minimum absolute atomic E-state index is 0.0462. The summed E-state index contributed by atoms with van der Waals surface area (Å²) in [7, 11) is 1.73. The van der Waals surface area contributed by atoms with Gasteiger partial charge in [-0.1, -0.05) is 38.1 Å². The van der Waals surface area contributed by atoms with Crippen LogP contribution in [0.5, 0.6) is 0 Å². The van der Waals surface area contributed by atoms with E-state index in [2.05, 4.69) is 27.7 Å². The molecule has 0 aromatic heterocycles. The minimum atomic E-state index is -0.766. The zero-order valence-corrected chi connectivity index (χ0v) is 19.1. The zero-order chi connectivity index (χ0) is 23.0. The molecule has 1 aliphatic rings. The Hall–Kier alpha value is -2.51. The van der Waals surface area contributed by atoms with E-state index in [-0.39, 0.29) is 30.5 Å². The first kappa shape index (κ1) is 24.8. The van der Waals surface area contributed by atoms with Gasteiger partial charge in [0.2, 0.25) is 0 Å². The van der Waals surface area contributed by atoms with E-state index in [1.165, 1.54) is 6.08 Å². The average Bonchev–Trinajstić information content (AvgIpc) is 3.09. The molecule has 7 nitrogen and oxygen atoms in total. The van der Waals surface area contributed by atoms with Crippen molar-refractivity contribution in [2.24, 2.45) is 0 Å². The maximum atomic E-state index is 11.9. The van der Waals surface area contributed by atoms with Crippen LogP contribution in [0.4, 0.5) is 0 Å². The summed E-state index contributed by atoms with van der Waals surface area (Å²) in [4.78, 5) is 39.6. The van der Waals surface area contributed by atoms with Gasteiger partial charge in [0.15, 0.2) is 0 Å². The molecule has 1 aromatic rings. The second-order valence-corrected chi connectivity index (χ2v) is 8.11. The van der Waals surface area contributed by atoms with Crippen molar-refractivity contribution in [3.05, 3.63) is 41.5 Å². The number of amides is 2. The van der Waals surface area contributed by atoms with Gasteiger partial charge < -0.3 is 14.3 Å². The van der Waals surface area contributed by atoms with Crippen molar-refractivity contribution in [2.45, 2.75) is 71.0 Å². The molecular formula is C24H33NO6. The molecule has 1 aliphatic heterocycles. The third-order valence-electron chi connectivity index (χ3n) is 6.02. The molecule has 1 aromatic carbocycles. The van der Waals surface area contributed by atoms with Crippen molar-refractivity contribution >= 4 is 23.9 Å². The lowest BCUT2D eigenvalue weighted by atomic mass is 9.95. The highest BCUT2D eigenvalue weighted by atomic mass is 16.7. The van der Waals surface area contributed by atoms with Gasteiger partial charge in [0, 0.05) is 38.6 Å². The van der Waals surface area contributed by atoms with Gasteiger partial charge in [-0.2, -0.15) is 0 Å². The molecule has 170 valence electrons. The topological polar surface area (TPSA) is 82.1 Å². The number of ether oxygens (including phenoxy) is 2. The second-order valence-electron chi connectivity index (χ2n) is 8.11. The van der Waals surface area contributed by atoms with Gasteiger partial charge in [-0.15, -0.1) is 5.06 Å². The van der Waals surface area contributed by atoms with E-state index >= 15 is 0 Å². The van der Waals surface area contributed by atoms with Crippen LogP contribution in [-0.4, -0.2) is 48.3 Å². The van der Waals surface area contributed by atoms with Crippen LogP contribution in [0.3, 0.4) is 0 Å². The molecule has 3 atom stereocenters. The SMILES string of the molecule is CCC(C)(CCOC(C)C(C)c1ccc(/C=C/C(=O)ON2C(=O)CCC2=O)cc1)OC. The molecule has 1 fully saturated rings. The van der Waals surface area contributed by atoms with Crippen LogP contribution in [-0.2, 0) is 28.7 Å². The Morgan fingerprint density at radius 1 is 1.16 bits per heavy atom. The van der Waals surface area contributed by atoms with Gasteiger partial charge in [0.05, 0.1) is 11.7 Å². The third kappa shape index (κ3) is 7.01. The predicted octanol–water partition coefficient (Wildman–Crippen LogP) is 4.02. The highest BCUT2D eigenvalue weighted by Crippen LogP contribution is 2.24. The Bertz CT molecular complexity index is 781. The largest absolute Gasteiger partial charge is 0.378 e. The Morgan fingerprint density at radius 3 is 2.32 bits per heavy atom. The number of imide groups is 1. The van der Waals surface area contributed by atoms with Gasteiger partial charge in [-0.05, 0) is 43.9 Å². The maximum Gasteiger partial charge on any atom is 0.356 e. The fraction of sp³-hybridized carbons (Fsp3) is 0.542. The highest BCUT2D eigenvalue weighted by molar-refractivity contribution is 6.02. The second kappa shape index (κ2) is 11.2. The van der Waals surface area contributed by atoms with Crippen molar-refractivity contribution in [1.82, 2.24) is 5.06 Å². The van der Waals surface area contributed by atoms with E-state index in [0.717, 1.165) is 24.0 Å². The number of benzene rings is 1. The zero-order valence-electron chi connectivity index (χ0n) is 19.1. The number of hydrogen-bond donors (Lipinski definition) is 0. The Balaban J connectivity index is 1.86. The molecule has 0 bridgehead atoms. The number of rotatable bonds is 11. The van der Waals surface area contributed by atoms with Crippen LogP contribution in [0.25, 0.3) is 6.08 Å². The quantitative estimate of drug-likeness (QED) is 0.389. The lowest BCUT2D eigenvalue weighted by Gasteiger charge is -2.28. The van der Waals surface area contributed by atoms with Crippen molar-refractivity contribution in [3.8, 4) is 0 Å². The summed E-state index contributed by atoms with van der Waals surface area (Å²) in [5.74, 6) is -1.56. The van der Waals surface area contributed by atoms with Crippen molar-refractivity contribution < 1.29 is 28.7 Å². The van der Waals surface area contributed by atoms with Crippen LogP contribution >= 0.6 is 0 Å². The molecule has 0 N–H and O–H groups in total. The molecule has 31 heavy (non-hydrogen) atoms. The number of carbonyl (C=O) groups excluding carboxylic acids is 3. The molecule has 2 rings (SSSR count). The molecule has 7 heteroatoms. The van der Waals surface area contributed by atoms with E-state index in [0.29, 0.717) is 11.7 Å².